The van der Waals surface area contributed by atoms with Crippen LogP contribution in [0.3, 0.4) is 0 Å². The molecule has 0 spiro atoms. The van der Waals surface area contributed by atoms with Crippen LogP contribution >= 0.6 is 0 Å². The van der Waals surface area contributed by atoms with Gasteiger partial charge in [0.05, 0.1) is 12.7 Å². The zero-order chi connectivity index (χ0) is 14.5. The Kier molecular flexibility index (Phi) is 5.58. The van der Waals surface area contributed by atoms with E-state index in [2.05, 4.69) is 5.32 Å². The summed E-state index contributed by atoms with van der Waals surface area (Å²) in [5, 5.41) is 3.68. The van der Waals surface area contributed by atoms with Crippen molar-refractivity contribution in [3.8, 4) is 0 Å². The molecule has 3 rings (SSSR count). The van der Waals surface area contributed by atoms with Crippen molar-refractivity contribution >= 4 is 0 Å². The van der Waals surface area contributed by atoms with Gasteiger partial charge in [-0.1, -0.05) is 12.8 Å². The highest BCUT2D eigenvalue weighted by Gasteiger charge is 2.49. The number of rotatable bonds is 9. The maximum absolute atomic E-state index is 5.79. The van der Waals surface area contributed by atoms with E-state index in [4.69, 9.17) is 9.47 Å². The smallest absolute Gasteiger partial charge is 0.0587 e. The second-order valence-corrected chi connectivity index (χ2v) is 7.64. The van der Waals surface area contributed by atoms with Crippen LogP contribution in [0.1, 0.15) is 57.8 Å². The van der Waals surface area contributed by atoms with E-state index in [-0.39, 0.29) is 0 Å². The third-order valence-corrected chi connectivity index (χ3v) is 6.29. The Balaban J connectivity index is 1.47. The van der Waals surface area contributed by atoms with E-state index in [1.165, 1.54) is 64.3 Å². The highest BCUT2D eigenvalue weighted by Crippen LogP contribution is 2.57. The van der Waals surface area contributed by atoms with E-state index < -0.39 is 0 Å². The molecular weight excluding hydrogens is 262 g/mol. The van der Waals surface area contributed by atoms with Crippen LogP contribution in [-0.2, 0) is 9.47 Å². The van der Waals surface area contributed by atoms with Gasteiger partial charge in [-0.05, 0) is 62.2 Å². The molecule has 4 atom stereocenters. The number of hydrogen-bond donors (Lipinski definition) is 1. The molecule has 4 unspecified atom stereocenters. The highest BCUT2D eigenvalue weighted by atomic mass is 16.5. The van der Waals surface area contributed by atoms with E-state index in [1.54, 1.807) is 7.11 Å². The third-order valence-electron chi connectivity index (χ3n) is 6.29. The van der Waals surface area contributed by atoms with Crippen LogP contribution in [0.5, 0.6) is 0 Å². The molecule has 3 aliphatic rings. The standard InChI is InChI=1S/C18H33NO2/c1-20-11-9-19-14-18(13-15-6-7-16(18)12-15)8-2-4-17-5-3-10-21-17/h15-17,19H,2-14H2,1H3. The van der Waals surface area contributed by atoms with Gasteiger partial charge in [0.25, 0.3) is 0 Å². The number of hydrogen-bond acceptors (Lipinski definition) is 3. The number of methoxy groups -OCH3 is 1. The minimum atomic E-state index is 0.571. The Morgan fingerprint density at radius 3 is 2.90 bits per heavy atom. The van der Waals surface area contributed by atoms with Gasteiger partial charge in [0.1, 0.15) is 0 Å². The molecule has 21 heavy (non-hydrogen) atoms. The quantitative estimate of drug-likeness (QED) is 0.662. The summed E-state index contributed by atoms with van der Waals surface area (Å²) >= 11 is 0. The van der Waals surface area contributed by atoms with Crippen LogP contribution in [0.4, 0.5) is 0 Å². The lowest BCUT2D eigenvalue weighted by Gasteiger charge is -2.38. The van der Waals surface area contributed by atoms with Gasteiger partial charge >= 0.3 is 0 Å². The molecule has 0 amide bonds. The maximum atomic E-state index is 5.79. The molecule has 3 nitrogen and oxygen atoms in total. The molecule has 1 aliphatic heterocycles. The lowest BCUT2D eigenvalue weighted by atomic mass is 9.69. The fourth-order valence-corrected chi connectivity index (χ4v) is 5.23. The van der Waals surface area contributed by atoms with E-state index in [0.717, 1.165) is 31.6 Å². The molecule has 122 valence electrons. The minimum Gasteiger partial charge on any atom is -0.383 e. The average molecular weight is 295 g/mol. The Morgan fingerprint density at radius 2 is 2.24 bits per heavy atom. The zero-order valence-electron chi connectivity index (χ0n) is 13.7. The average Bonchev–Trinajstić information content (AvgIpc) is 3.20. The van der Waals surface area contributed by atoms with Crippen molar-refractivity contribution in [2.24, 2.45) is 17.3 Å². The van der Waals surface area contributed by atoms with Crippen molar-refractivity contribution in [1.82, 2.24) is 5.32 Å². The summed E-state index contributed by atoms with van der Waals surface area (Å²) < 4.78 is 11.0. The Hall–Kier alpha value is -0.120. The van der Waals surface area contributed by atoms with Gasteiger partial charge < -0.3 is 14.8 Å². The lowest BCUT2D eigenvalue weighted by Crippen LogP contribution is -2.40. The van der Waals surface area contributed by atoms with Gasteiger partial charge in [0.15, 0.2) is 0 Å². The molecule has 0 aromatic carbocycles. The largest absolute Gasteiger partial charge is 0.383 e. The first-order chi connectivity index (χ1) is 10.3. The molecule has 3 heteroatoms. The molecule has 0 radical (unpaired) electrons. The van der Waals surface area contributed by atoms with Crippen molar-refractivity contribution in [1.29, 1.82) is 0 Å². The van der Waals surface area contributed by atoms with Crippen molar-refractivity contribution in [2.75, 3.05) is 33.4 Å². The number of fused-ring (bicyclic) bond motifs is 2. The Bertz CT molecular complexity index is 316. The molecule has 2 aliphatic carbocycles. The molecular formula is C18H33NO2. The van der Waals surface area contributed by atoms with Gasteiger partial charge in [0.2, 0.25) is 0 Å². The first-order valence-electron chi connectivity index (χ1n) is 9.14. The monoisotopic (exact) mass is 295 g/mol. The summed E-state index contributed by atoms with van der Waals surface area (Å²) in [5.74, 6) is 2.02. The molecule has 2 bridgehead atoms. The van der Waals surface area contributed by atoms with Gasteiger partial charge in [-0.2, -0.15) is 0 Å². The molecule has 1 heterocycles. The van der Waals surface area contributed by atoms with E-state index >= 15 is 0 Å². The van der Waals surface area contributed by atoms with Crippen LogP contribution in [0, 0.1) is 17.3 Å². The normalized spacial score (nSPS) is 38.4. The van der Waals surface area contributed by atoms with Crippen molar-refractivity contribution in [2.45, 2.75) is 63.9 Å². The maximum Gasteiger partial charge on any atom is 0.0587 e. The summed E-state index contributed by atoms with van der Waals surface area (Å²) in [5.41, 5.74) is 0.593. The van der Waals surface area contributed by atoms with E-state index in [1.807, 2.05) is 0 Å². The zero-order valence-corrected chi connectivity index (χ0v) is 13.7. The van der Waals surface area contributed by atoms with Crippen LogP contribution in [0.25, 0.3) is 0 Å². The highest BCUT2D eigenvalue weighted by molar-refractivity contribution is 5.01. The lowest BCUT2D eigenvalue weighted by molar-refractivity contribution is 0.0872. The van der Waals surface area contributed by atoms with Crippen molar-refractivity contribution < 1.29 is 9.47 Å². The van der Waals surface area contributed by atoms with E-state index in [0.29, 0.717) is 11.5 Å². The first-order valence-corrected chi connectivity index (χ1v) is 9.14. The van der Waals surface area contributed by atoms with Crippen LogP contribution in [-0.4, -0.2) is 39.5 Å². The minimum absolute atomic E-state index is 0.571. The SMILES string of the molecule is COCCNCC1(CCCC2CCCO2)CC2CCC1C2. The van der Waals surface area contributed by atoms with Crippen LogP contribution in [0.2, 0.25) is 0 Å². The summed E-state index contributed by atoms with van der Waals surface area (Å²) in [6.45, 7) is 4.05. The van der Waals surface area contributed by atoms with Crippen molar-refractivity contribution in [3.63, 3.8) is 0 Å². The molecule has 1 N–H and O–H groups in total. The molecule has 3 fully saturated rings. The van der Waals surface area contributed by atoms with Crippen LogP contribution < -0.4 is 5.32 Å². The Morgan fingerprint density at radius 1 is 1.29 bits per heavy atom. The third kappa shape index (κ3) is 3.80. The predicted molar refractivity (Wildman–Crippen MR) is 85.5 cm³/mol. The van der Waals surface area contributed by atoms with Gasteiger partial charge in [-0.3, -0.25) is 0 Å². The number of nitrogens with one attached hydrogen (secondary N) is 1. The first kappa shape index (κ1) is 15.8. The summed E-state index contributed by atoms with van der Waals surface area (Å²) in [6.07, 6.45) is 13.2. The Labute approximate surface area is 130 Å². The van der Waals surface area contributed by atoms with Crippen molar-refractivity contribution in [3.05, 3.63) is 0 Å². The van der Waals surface area contributed by atoms with Gasteiger partial charge in [-0.15, -0.1) is 0 Å². The fraction of sp³-hybridized carbons (Fsp3) is 1.00. The van der Waals surface area contributed by atoms with Gasteiger partial charge in [-0.25, -0.2) is 0 Å². The number of ether oxygens (including phenoxy) is 2. The predicted octanol–water partition coefficient (Wildman–Crippen LogP) is 3.38. The molecule has 2 saturated carbocycles. The van der Waals surface area contributed by atoms with E-state index in [9.17, 15) is 0 Å². The summed E-state index contributed by atoms with van der Waals surface area (Å²) in [4.78, 5) is 0. The summed E-state index contributed by atoms with van der Waals surface area (Å²) in [7, 11) is 1.79. The molecule has 1 saturated heterocycles. The van der Waals surface area contributed by atoms with Crippen LogP contribution in [0.15, 0.2) is 0 Å². The topological polar surface area (TPSA) is 30.5 Å². The second-order valence-electron chi connectivity index (χ2n) is 7.64. The fourth-order valence-electron chi connectivity index (χ4n) is 5.23. The summed E-state index contributed by atoms with van der Waals surface area (Å²) in [6, 6.07) is 0. The second kappa shape index (κ2) is 7.43. The van der Waals surface area contributed by atoms with Gasteiger partial charge in [0, 0.05) is 26.8 Å². The molecule has 0 aromatic rings. The molecule has 0 aromatic heterocycles.